The van der Waals surface area contributed by atoms with E-state index in [1.165, 1.54) is 6.92 Å². The molecular weight excluding hydrogens is 1680 g/mol. The lowest BCUT2D eigenvalue weighted by Gasteiger charge is -2.52. The van der Waals surface area contributed by atoms with Gasteiger partial charge in [-0.3, -0.25) is 52.7 Å². The van der Waals surface area contributed by atoms with Gasteiger partial charge in [-0.1, -0.05) is 134 Å². The molecule has 36 nitrogen and oxygen atoms in total. The van der Waals surface area contributed by atoms with E-state index in [-0.39, 0.29) is 33.0 Å². The summed E-state index contributed by atoms with van der Waals surface area (Å²) in [5, 5.41) is 5.73. The third-order valence-electron chi connectivity index (χ3n) is 20.4. The Morgan fingerprint density at radius 3 is 1.11 bits per heavy atom. The summed E-state index contributed by atoms with van der Waals surface area (Å²) in [5.41, 5.74) is 1.82. The molecule has 0 saturated carbocycles. The standard InChI is InChI=1S/C89H117ClN2O34/c1-49-70(108-42-61-33-23-18-24-34-61)77(109-43-62-35-25-19-26-36-62)80(110-44-63-37-27-20-28-38-63)85(112-49)124-75-68(91-50(2)93)83(105-40-30-16-15-29-39-90)119-64(45-104-41-60-31-21-17-22-32-60)72(75)123-86-82(118-59(11)102)79(74(115-56(8)99)67(122-86)48-111-88(103)89(12,13)14)126-84-69(92-51(3)94)76(71(113-54(6)97)65(120-84)46-106-52(4)95)125-87-81(117-58(10)101)78(116-57(9)100)73(114-55(7)98)66(121-87)47-107-53(5)96/h17-28,31-38,49,64-87H,15-16,29-30,39-48H2,1-14H3,(H,91,93)(H,92,94)/t49-,64+,65+,66+,67?,68+,69+,70+,71+,72+,73-,74?,75+,76+,77+,78-,79?,80-,81+,82?,83+,84-,85-,86?,87-/m0/s1. The number of esters is 9. The topological polar surface area (TPSA) is 424 Å². The molecule has 2 amide bonds. The maximum absolute atomic E-state index is 14.5. The van der Waals surface area contributed by atoms with Gasteiger partial charge in [-0.05, 0) is 62.8 Å². The van der Waals surface area contributed by atoms with Crippen molar-refractivity contribution in [2.24, 2.45) is 5.41 Å². The molecule has 5 aliphatic heterocycles. The predicted octanol–water partition coefficient (Wildman–Crippen LogP) is 7.28. The van der Waals surface area contributed by atoms with Crippen LogP contribution in [-0.4, -0.2) is 258 Å². The number of halogens is 1. The van der Waals surface area contributed by atoms with Crippen molar-refractivity contribution in [3.05, 3.63) is 144 Å². The van der Waals surface area contributed by atoms with Gasteiger partial charge in [-0.25, -0.2) is 0 Å². The van der Waals surface area contributed by atoms with Crippen LogP contribution >= 0.6 is 11.6 Å². The van der Waals surface area contributed by atoms with Gasteiger partial charge in [-0.15, -0.1) is 11.6 Å². The van der Waals surface area contributed by atoms with E-state index in [2.05, 4.69) is 10.6 Å². The molecule has 5 saturated heterocycles. The largest absolute Gasteiger partial charge is 0.463 e. The number of ether oxygens (including phenoxy) is 23. The van der Waals surface area contributed by atoms with E-state index in [0.717, 1.165) is 85.4 Å². The minimum atomic E-state index is -2.21. The fourth-order valence-corrected chi connectivity index (χ4v) is 15.1. The average Bonchev–Trinajstić information content (AvgIpc) is 0.759. The van der Waals surface area contributed by atoms with Crippen LogP contribution in [0.15, 0.2) is 121 Å². The van der Waals surface area contributed by atoms with Gasteiger partial charge in [0, 0.05) is 81.7 Å². The van der Waals surface area contributed by atoms with Crippen molar-refractivity contribution in [3.8, 4) is 0 Å². The Bertz CT molecular complexity index is 4150. The zero-order chi connectivity index (χ0) is 91.3. The Labute approximate surface area is 736 Å². The van der Waals surface area contributed by atoms with Gasteiger partial charge in [0.25, 0.3) is 0 Å². The molecule has 5 fully saturated rings. The number of carbonyl (C=O) groups excluding carboxylic acids is 11. The molecule has 694 valence electrons. The number of unbranched alkanes of at least 4 members (excludes halogenated alkanes) is 3. The highest BCUT2D eigenvalue weighted by atomic mass is 35.5. The molecule has 4 aromatic rings. The Morgan fingerprint density at radius 1 is 0.325 bits per heavy atom. The molecule has 4 aromatic carbocycles. The summed E-state index contributed by atoms with van der Waals surface area (Å²) in [7, 11) is 0. The molecule has 25 atom stereocenters. The number of hydrogen-bond acceptors (Lipinski definition) is 34. The SMILES string of the molecule is CC(=O)N[C@H]1[C@H](OC2C(OC(C)=O)C(COC(=O)C(C)(C)C)OC(O[C@H]3[C@H](O[C@@H]4O[C@@H](C)[C@@H](OCc5ccccc5)[C@@H](OCc5ccccc5)[C@@H]4OCc4ccccc4)[C@@H](NC(C)=O)[C@H](OCCCCCCCl)O[C@@H]3COCc3ccccc3)C2OC(C)=O)O[C@H](COC(C)=O)[C@@H](OC(C)=O)[C@@H]1O[C@@H]1O[C@H](COC(C)=O)[C@H](OC(C)=O)[C@H](OC(C)=O)[C@H]1OC(C)=O. The minimum Gasteiger partial charge on any atom is -0.463 e. The van der Waals surface area contributed by atoms with Gasteiger partial charge < -0.3 is 120 Å². The number of nitrogens with one attached hydrogen (secondary N) is 2. The fourth-order valence-electron chi connectivity index (χ4n) is 14.9. The Morgan fingerprint density at radius 2 is 0.667 bits per heavy atom. The van der Waals surface area contributed by atoms with E-state index < -0.39 is 251 Å². The van der Waals surface area contributed by atoms with Crippen molar-refractivity contribution in [2.45, 2.75) is 302 Å². The highest BCUT2D eigenvalue weighted by Crippen LogP contribution is 2.42. The monoisotopic (exact) mass is 1790 g/mol. The van der Waals surface area contributed by atoms with E-state index in [4.69, 9.17) is 121 Å². The van der Waals surface area contributed by atoms with Gasteiger partial charge in [0.1, 0.15) is 99.0 Å². The van der Waals surface area contributed by atoms with E-state index in [1.807, 2.05) is 121 Å². The lowest BCUT2D eigenvalue weighted by Crippen LogP contribution is -2.72. The van der Waals surface area contributed by atoms with Gasteiger partial charge in [0.2, 0.25) is 11.8 Å². The fraction of sp³-hybridized carbons (Fsp3) is 0.607. The zero-order valence-electron chi connectivity index (χ0n) is 73.1. The maximum atomic E-state index is 14.5. The molecule has 0 aliphatic carbocycles. The Hall–Kier alpha value is -9.22. The van der Waals surface area contributed by atoms with Crippen molar-refractivity contribution < 1.29 is 162 Å². The number of amides is 2. The van der Waals surface area contributed by atoms with Crippen LogP contribution < -0.4 is 10.6 Å². The first-order valence-electron chi connectivity index (χ1n) is 41.8. The molecule has 2 N–H and O–H groups in total. The van der Waals surface area contributed by atoms with Crippen LogP contribution in [0.4, 0.5) is 0 Å². The molecule has 126 heavy (non-hydrogen) atoms. The third kappa shape index (κ3) is 30.5. The number of benzene rings is 4. The Kier molecular flexibility index (Phi) is 39.4. The van der Waals surface area contributed by atoms with Crippen molar-refractivity contribution in [2.75, 3.05) is 38.9 Å². The number of carbonyl (C=O) groups is 11. The first-order valence-corrected chi connectivity index (χ1v) is 42.3. The lowest BCUT2D eigenvalue weighted by atomic mass is 9.93. The molecular formula is C89H117ClN2O34. The van der Waals surface area contributed by atoms with Gasteiger partial charge in [-0.2, -0.15) is 0 Å². The molecule has 0 radical (unpaired) electrons. The summed E-state index contributed by atoms with van der Waals surface area (Å²) in [6, 6.07) is 33.8. The van der Waals surface area contributed by atoms with Crippen molar-refractivity contribution in [1.82, 2.24) is 10.6 Å². The second kappa shape index (κ2) is 49.4. The summed E-state index contributed by atoms with van der Waals surface area (Å²) in [6.45, 7) is 13.9. The summed E-state index contributed by atoms with van der Waals surface area (Å²) in [4.78, 5) is 150. The van der Waals surface area contributed by atoms with Crippen LogP contribution in [0.1, 0.15) is 145 Å². The zero-order valence-corrected chi connectivity index (χ0v) is 73.9. The second-order valence-electron chi connectivity index (χ2n) is 31.9. The van der Waals surface area contributed by atoms with E-state index in [0.29, 0.717) is 30.7 Å². The van der Waals surface area contributed by atoms with Gasteiger partial charge in [0.15, 0.2) is 68.1 Å². The van der Waals surface area contributed by atoms with Crippen LogP contribution in [-0.2, 0) is 188 Å². The molecule has 9 rings (SSSR count). The van der Waals surface area contributed by atoms with Crippen LogP contribution in [0, 0.1) is 5.41 Å². The normalized spacial score (nSPS) is 29.6. The molecule has 0 bridgehead atoms. The first-order chi connectivity index (χ1) is 60.1. The van der Waals surface area contributed by atoms with E-state index in [9.17, 15) is 52.7 Å². The molecule has 37 heteroatoms. The molecule has 0 aromatic heterocycles. The van der Waals surface area contributed by atoms with E-state index >= 15 is 0 Å². The summed E-state index contributed by atoms with van der Waals surface area (Å²) in [6.07, 6.45) is -37.1. The predicted molar refractivity (Wildman–Crippen MR) is 437 cm³/mol. The highest BCUT2D eigenvalue weighted by molar-refractivity contribution is 6.17. The highest BCUT2D eigenvalue weighted by Gasteiger charge is 2.62. The molecule has 0 spiro atoms. The summed E-state index contributed by atoms with van der Waals surface area (Å²) < 4.78 is 151. The lowest BCUT2D eigenvalue weighted by molar-refractivity contribution is -0.389. The Balaban J connectivity index is 1.26. The second-order valence-corrected chi connectivity index (χ2v) is 32.3. The minimum absolute atomic E-state index is 0.0218. The number of alkyl halides is 1. The third-order valence-corrected chi connectivity index (χ3v) is 20.6. The number of rotatable bonds is 42. The van der Waals surface area contributed by atoms with Crippen molar-refractivity contribution >= 4 is 77.1 Å². The molecule has 5 unspecified atom stereocenters. The van der Waals surface area contributed by atoms with Gasteiger partial charge in [0.05, 0.1) is 44.6 Å². The van der Waals surface area contributed by atoms with Crippen molar-refractivity contribution in [3.63, 3.8) is 0 Å². The summed E-state index contributed by atoms with van der Waals surface area (Å²) in [5.74, 6) is -10.1. The smallest absolute Gasteiger partial charge is 0.311 e. The molecule has 5 aliphatic rings. The maximum Gasteiger partial charge on any atom is 0.311 e. The van der Waals surface area contributed by atoms with E-state index in [1.54, 1.807) is 27.7 Å². The molecule has 5 heterocycles. The average molecular weight is 1790 g/mol. The van der Waals surface area contributed by atoms with Crippen LogP contribution in [0.3, 0.4) is 0 Å². The first kappa shape index (κ1) is 101. The van der Waals surface area contributed by atoms with Crippen LogP contribution in [0.25, 0.3) is 0 Å². The quantitative estimate of drug-likeness (QED) is 0.0190. The number of hydrogen-bond donors (Lipinski definition) is 2. The van der Waals surface area contributed by atoms with Gasteiger partial charge >= 0.3 is 53.7 Å². The van der Waals surface area contributed by atoms with Crippen LogP contribution in [0.5, 0.6) is 0 Å². The summed E-state index contributed by atoms with van der Waals surface area (Å²) >= 11 is 6.14. The van der Waals surface area contributed by atoms with Crippen molar-refractivity contribution in [1.29, 1.82) is 0 Å². The van der Waals surface area contributed by atoms with Crippen LogP contribution in [0.2, 0.25) is 0 Å².